The third kappa shape index (κ3) is 4.99. The second-order valence-electron chi connectivity index (χ2n) is 7.43. The maximum Gasteiger partial charge on any atom is 0.270 e. The van der Waals surface area contributed by atoms with E-state index in [2.05, 4.69) is 15.2 Å². The molecule has 1 N–H and O–H groups in total. The van der Waals surface area contributed by atoms with Gasteiger partial charge in [-0.25, -0.2) is 13.4 Å². The molecule has 2 aliphatic heterocycles. The number of hydrogen-bond acceptors (Lipinski definition) is 9. The number of nitrogens with zero attached hydrogens (tertiary/aromatic N) is 4. The Morgan fingerprint density at radius 3 is 2.34 bits per heavy atom. The minimum atomic E-state index is -3.92. The van der Waals surface area contributed by atoms with Crippen LogP contribution in [0.5, 0.6) is 0 Å². The summed E-state index contributed by atoms with van der Waals surface area (Å²) in [5, 5.41) is 14.4. The van der Waals surface area contributed by atoms with Crippen molar-refractivity contribution in [1.29, 1.82) is 0 Å². The van der Waals surface area contributed by atoms with E-state index in [0.29, 0.717) is 25.4 Å². The summed E-state index contributed by atoms with van der Waals surface area (Å²) in [5.41, 5.74) is 0.883. The number of pyridine rings is 1. The standard InChI is InChI=1S/C20H25N5O6S/c26-25(27)17-2-3-18(19(13-17)32(28,29)24-7-11-31-12-8-24)21-14-16-1-4-20(22-15-16)23-5-9-30-10-6-23/h1-4,13,15,21H,5-12,14H2. The molecule has 0 amide bonds. The van der Waals surface area contributed by atoms with Crippen molar-refractivity contribution >= 4 is 27.2 Å². The summed E-state index contributed by atoms with van der Waals surface area (Å²) in [6, 6.07) is 7.67. The van der Waals surface area contributed by atoms with Gasteiger partial charge in [-0.3, -0.25) is 10.1 Å². The minimum Gasteiger partial charge on any atom is -0.380 e. The predicted molar refractivity (Wildman–Crippen MR) is 117 cm³/mol. The maximum absolute atomic E-state index is 13.2. The number of nitro groups is 1. The van der Waals surface area contributed by atoms with Gasteiger partial charge in [0.1, 0.15) is 10.7 Å². The number of rotatable bonds is 7. The maximum atomic E-state index is 13.2. The van der Waals surface area contributed by atoms with Crippen molar-refractivity contribution in [1.82, 2.24) is 9.29 Å². The summed E-state index contributed by atoms with van der Waals surface area (Å²) in [5.74, 6) is 0.864. The first-order valence-corrected chi connectivity index (χ1v) is 11.8. The number of benzene rings is 1. The highest BCUT2D eigenvalue weighted by atomic mass is 32.2. The molecule has 2 fully saturated rings. The molecule has 0 unspecified atom stereocenters. The molecule has 0 aliphatic carbocycles. The first-order chi connectivity index (χ1) is 15.4. The number of nitro benzene ring substituents is 1. The van der Waals surface area contributed by atoms with Crippen LogP contribution < -0.4 is 10.2 Å². The lowest BCUT2D eigenvalue weighted by atomic mass is 10.2. The van der Waals surface area contributed by atoms with Crippen LogP contribution >= 0.6 is 0 Å². The normalized spacial score (nSPS) is 17.8. The van der Waals surface area contributed by atoms with Crippen molar-refractivity contribution in [3.63, 3.8) is 0 Å². The van der Waals surface area contributed by atoms with Crippen molar-refractivity contribution in [3.05, 3.63) is 52.2 Å². The Bertz CT molecular complexity index is 1050. The highest BCUT2D eigenvalue weighted by Crippen LogP contribution is 2.30. The van der Waals surface area contributed by atoms with E-state index in [9.17, 15) is 18.5 Å². The number of ether oxygens (including phenoxy) is 2. The summed E-state index contributed by atoms with van der Waals surface area (Å²) in [6.07, 6.45) is 1.74. The largest absolute Gasteiger partial charge is 0.380 e. The lowest BCUT2D eigenvalue weighted by Gasteiger charge is -2.28. The van der Waals surface area contributed by atoms with E-state index in [1.54, 1.807) is 6.20 Å². The van der Waals surface area contributed by atoms with Crippen molar-refractivity contribution < 1.29 is 22.8 Å². The third-order valence-electron chi connectivity index (χ3n) is 5.39. The molecule has 0 atom stereocenters. The zero-order chi connectivity index (χ0) is 22.6. The zero-order valence-electron chi connectivity index (χ0n) is 17.5. The Hall–Kier alpha value is -2.80. The fraction of sp³-hybridized carbons (Fsp3) is 0.450. The highest BCUT2D eigenvalue weighted by molar-refractivity contribution is 7.89. The molecule has 1 aromatic carbocycles. The Labute approximate surface area is 186 Å². The summed E-state index contributed by atoms with van der Waals surface area (Å²) in [4.78, 5) is 17.2. The van der Waals surface area contributed by atoms with Crippen molar-refractivity contribution in [2.24, 2.45) is 0 Å². The number of nitrogens with one attached hydrogen (secondary N) is 1. The smallest absolute Gasteiger partial charge is 0.270 e. The molecule has 0 saturated carbocycles. The average Bonchev–Trinajstić information content (AvgIpc) is 2.84. The van der Waals surface area contributed by atoms with Crippen LogP contribution in [-0.4, -0.2) is 75.2 Å². The van der Waals surface area contributed by atoms with E-state index in [1.807, 2.05) is 12.1 Å². The summed E-state index contributed by atoms with van der Waals surface area (Å²) in [7, 11) is -3.92. The third-order valence-corrected chi connectivity index (χ3v) is 7.33. The quantitative estimate of drug-likeness (QED) is 0.479. The van der Waals surface area contributed by atoms with Gasteiger partial charge in [0.25, 0.3) is 5.69 Å². The average molecular weight is 464 g/mol. The van der Waals surface area contributed by atoms with Crippen LogP contribution in [0.3, 0.4) is 0 Å². The summed E-state index contributed by atoms with van der Waals surface area (Å²) >= 11 is 0. The van der Waals surface area contributed by atoms with E-state index in [0.717, 1.165) is 30.5 Å². The van der Waals surface area contributed by atoms with Gasteiger partial charge in [-0.05, 0) is 17.7 Å². The predicted octanol–water partition coefficient (Wildman–Crippen LogP) is 1.46. The molecule has 2 aromatic rings. The molecule has 1 aromatic heterocycles. The van der Waals surface area contributed by atoms with Crippen LogP contribution in [0.25, 0.3) is 0 Å². The van der Waals surface area contributed by atoms with Gasteiger partial charge < -0.3 is 19.7 Å². The molecule has 172 valence electrons. The second-order valence-corrected chi connectivity index (χ2v) is 9.34. The van der Waals surface area contributed by atoms with Crippen molar-refractivity contribution in [3.8, 4) is 0 Å². The zero-order valence-corrected chi connectivity index (χ0v) is 18.3. The second kappa shape index (κ2) is 9.77. The van der Waals surface area contributed by atoms with Crippen LogP contribution in [0.1, 0.15) is 5.56 Å². The first kappa shape index (κ1) is 22.4. The number of morpholine rings is 2. The lowest BCUT2D eigenvalue weighted by Crippen LogP contribution is -2.40. The van der Waals surface area contributed by atoms with Crippen LogP contribution in [-0.2, 0) is 26.0 Å². The molecule has 2 saturated heterocycles. The van der Waals surface area contributed by atoms with E-state index in [4.69, 9.17) is 9.47 Å². The summed E-state index contributed by atoms with van der Waals surface area (Å²) in [6.45, 7) is 4.23. The van der Waals surface area contributed by atoms with Gasteiger partial charge in [0.15, 0.2) is 0 Å². The number of hydrogen-bond donors (Lipinski definition) is 1. The van der Waals surface area contributed by atoms with E-state index < -0.39 is 14.9 Å². The van der Waals surface area contributed by atoms with E-state index >= 15 is 0 Å². The molecule has 32 heavy (non-hydrogen) atoms. The minimum absolute atomic E-state index is 0.119. The Kier molecular flexibility index (Phi) is 6.84. The van der Waals surface area contributed by atoms with Gasteiger partial charge in [-0.1, -0.05) is 6.07 Å². The van der Waals surface area contributed by atoms with Gasteiger partial charge in [0.05, 0.1) is 37.0 Å². The Morgan fingerprint density at radius 2 is 1.72 bits per heavy atom. The molecule has 0 bridgehead atoms. The van der Waals surface area contributed by atoms with Crippen LogP contribution in [0.2, 0.25) is 0 Å². The fourth-order valence-corrected chi connectivity index (χ4v) is 5.20. The number of non-ortho nitro benzene ring substituents is 1. The number of aromatic nitrogens is 1. The molecular formula is C20H25N5O6S. The van der Waals surface area contributed by atoms with Crippen LogP contribution in [0, 0.1) is 10.1 Å². The Balaban J connectivity index is 1.53. The fourth-order valence-electron chi connectivity index (χ4n) is 3.61. The summed E-state index contributed by atoms with van der Waals surface area (Å²) < 4.78 is 38.3. The highest BCUT2D eigenvalue weighted by Gasteiger charge is 2.30. The van der Waals surface area contributed by atoms with E-state index in [1.165, 1.54) is 16.4 Å². The molecular weight excluding hydrogens is 438 g/mol. The van der Waals surface area contributed by atoms with Crippen LogP contribution in [0.4, 0.5) is 17.2 Å². The molecule has 12 heteroatoms. The van der Waals surface area contributed by atoms with Gasteiger partial charge in [-0.2, -0.15) is 4.31 Å². The van der Waals surface area contributed by atoms with Crippen molar-refractivity contribution in [2.75, 3.05) is 62.8 Å². The van der Waals surface area contributed by atoms with Gasteiger partial charge in [0.2, 0.25) is 10.0 Å². The molecule has 3 heterocycles. The van der Waals surface area contributed by atoms with Gasteiger partial charge in [0, 0.05) is 51.1 Å². The molecule has 11 nitrogen and oxygen atoms in total. The monoisotopic (exact) mass is 463 g/mol. The van der Waals surface area contributed by atoms with Crippen LogP contribution in [0.15, 0.2) is 41.4 Å². The lowest BCUT2D eigenvalue weighted by molar-refractivity contribution is -0.385. The molecule has 0 spiro atoms. The Morgan fingerprint density at radius 1 is 1.03 bits per heavy atom. The van der Waals surface area contributed by atoms with E-state index in [-0.39, 0.29) is 36.9 Å². The SMILES string of the molecule is O=[N+]([O-])c1ccc(NCc2ccc(N3CCOCC3)nc2)c(S(=O)(=O)N2CCOCC2)c1. The number of sulfonamides is 1. The topological polar surface area (TPSA) is 127 Å². The van der Waals surface area contributed by atoms with Gasteiger partial charge in [-0.15, -0.1) is 0 Å². The molecule has 0 radical (unpaired) electrons. The first-order valence-electron chi connectivity index (χ1n) is 10.3. The molecule has 2 aliphatic rings. The van der Waals surface area contributed by atoms with Gasteiger partial charge >= 0.3 is 0 Å². The molecule has 4 rings (SSSR count). The van der Waals surface area contributed by atoms with Crippen molar-refractivity contribution in [2.45, 2.75) is 11.4 Å². The number of anilines is 2.